The number of H-pyrrole nitrogens is 1. The van der Waals surface area contributed by atoms with Crippen LogP contribution in [0.15, 0.2) is 29.3 Å². The molecule has 1 aliphatic carbocycles. The maximum absolute atomic E-state index is 12.3. The van der Waals surface area contributed by atoms with Crippen molar-refractivity contribution in [1.82, 2.24) is 24.6 Å². The van der Waals surface area contributed by atoms with Gasteiger partial charge in [-0.05, 0) is 43.4 Å². The summed E-state index contributed by atoms with van der Waals surface area (Å²) in [7, 11) is 0. The third kappa shape index (κ3) is 1.86. The van der Waals surface area contributed by atoms with Gasteiger partial charge >= 0.3 is 5.69 Å². The lowest BCUT2D eigenvalue weighted by atomic mass is 9.97. The van der Waals surface area contributed by atoms with Gasteiger partial charge in [0.2, 0.25) is 0 Å². The SMILES string of the molecule is O=c1[nH]c2sc3c(c2c2nc(-c4ccncc4)nn12)CCCC3. The van der Waals surface area contributed by atoms with Gasteiger partial charge in [-0.2, -0.15) is 4.52 Å². The third-order valence-electron chi connectivity index (χ3n) is 4.35. The topological polar surface area (TPSA) is 75.9 Å². The zero-order chi connectivity index (χ0) is 15.4. The van der Waals surface area contributed by atoms with Gasteiger partial charge in [0.25, 0.3) is 0 Å². The van der Waals surface area contributed by atoms with Crippen molar-refractivity contribution in [2.24, 2.45) is 0 Å². The average molecular weight is 323 g/mol. The second-order valence-electron chi connectivity index (χ2n) is 5.75. The summed E-state index contributed by atoms with van der Waals surface area (Å²) in [4.78, 5) is 26.3. The number of hydrogen-bond donors (Lipinski definition) is 1. The van der Waals surface area contributed by atoms with E-state index in [2.05, 4.69) is 20.1 Å². The maximum Gasteiger partial charge on any atom is 0.349 e. The summed E-state index contributed by atoms with van der Waals surface area (Å²) in [6.45, 7) is 0. The minimum absolute atomic E-state index is 0.237. The van der Waals surface area contributed by atoms with E-state index in [1.807, 2.05) is 12.1 Å². The summed E-state index contributed by atoms with van der Waals surface area (Å²) < 4.78 is 1.39. The molecule has 6 nitrogen and oxygen atoms in total. The first-order chi connectivity index (χ1) is 11.3. The van der Waals surface area contributed by atoms with E-state index in [0.29, 0.717) is 11.5 Å². The molecule has 4 aromatic rings. The maximum atomic E-state index is 12.3. The Morgan fingerprint density at radius 2 is 2.00 bits per heavy atom. The summed E-state index contributed by atoms with van der Waals surface area (Å²) >= 11 is 1.69. The number of hydrogen-bond acceptors (Lipinski definition) is 5. The molecule has 0 aromatic carbocycles. The standard InChI is InChI=1S/C16H13N5OS/c22-16-19-15-12(10-3-1-2-4-11(10)23-15)14-18-13(20-21(14)16)9-5-7-17-8-6-9/h5-8H,1-4H2,(H,19,22). The van der Waals surface area contributed by atoms with Gasteiger partial charge in [-0.15, -0.1) is 16.4 Å². The quantitative estimate of drug-likeness (QED) is 0.584. The Kier molecular flexibility index (Phi) is 2.66. The number of aromatic nitrogens is 5. The van der Waals surface area contributed by atoms with Crippen molar-refractivity contribution in [2.45, 2.75) is 25.7 Å². The number of aryl methyl sites for hydroxylation is 2. The van der Waals surface area contributed by atoms with E-state index < -0.39 is 0 Å². The molecule has 0 unspecified atom stereocenters. The Hall–Kier alpha value is -2.54. The fourth-order valence-corrected chi connectivity index (χ4v) is 4.55. The third-order valence-corrected chi connectivity index (χ3v) is 5.56. The van der Waals surface area contributed by atoms with E-state index >= 15 is 0 Å². The molecule has 5 rings (SSSR count). The van der Waals surface area contributed by atoms with Crippen molar-refractivity contribution < 1.29 is 0 Å². The molecule has 0 aliphatic heterocycles. The molecular weight excluding hydrogens is 310 g/mol. The summed E-state index contributed by atoms with van der Waals surface area (Å²) in [5.74, 6) is 0.557. The van der Waals surface area contributed by atoms with Crippen LogP contribution >= 0.6 is 11.3 Å². The number of nitrogens with one attached hydrogen (secondary N) is 1. The molecule has 0 atom stereocenters. The van der Waals surface area contributed by atoms with Gasteiger partial charge in [0.1, 0.15) is 4.83 Å². The zero-order valence-corrected chi connectivity index (χ0v) is 13.1. The lowest BCUT2D eigenvalue weighted by Gasteiger charge is -2.09. The number of pyridine rings is 1. The van der Waals surface area contributed by atoms with Crippen molar-refractivity contribution in [2.75, 3.05) is 0 Å². The predicted octanol–water partition coefficient (Wildman–Crippen LogP) is 2.57. The van der Waals surface area contributed by atoms with Gasteiger partial charge in [-0.25, -0.2) is 9.78 Å². The molecule has 0 saturated heterocycles. The zero-order valence-electron chi connectivity index (χ0n) is 12.2. The molecule has 4 aromatic heterocycles. The monoisotopic (exact) mass is 323 g/mol. The highest BCUT2D eigenvalue weighted by Gasteiger charge is 2.21. The Labute approximate surface area is 134 Å². The van der Waals surface area contributed by atoms with Crippen molar-refractivity contribution in [3.05, 3.63) is 45.5 Å². The normalized spacial score (nSPS) is 14.4. The number of aromatic amines is 1. The van der Waals surface area contributed by atoms with Crippen LogP contribution in [0.2, 0.25) is 0 Å². The minimum atomic E-state index is -0.237. The summed E-state index contributed by atoms with van der Waals surface area (Å²) in [6.07, 6.45) is 7.95. The molecule has 0 spiro atoms. The largest absolute Gasteiger partial charge is 0.349 e. The van der Waals surface area contributed by atoms with Crippen LogP contribution in [0.4, 0.5) is 0 Å². The van der Waals surface area contributed by atoms with Crippen LogP contribution in [0.3, 0.4) is 0 Å². The van der Waals surface area contributed by atoms with Crippen LogP contribution in [0.5, 0.6) is 0 Å². The predicted molar refractivity (Wildman–Crippen MR) is 88.9 cm³/mol. The van der Waals surface area contributed by atoms with E-state index in [1.54, 1.807) is 23.7 Å². The van der Waals surface area contributed by atoms with Crippen molar-refractivity contribution >= 4 is 27.2 Å². The molecule has 0 amide bonds. The Morgan fingerprint density at radius 1 is 1.17 bits per heavy atom. The molecule has 114 valence electrons. The van der Waals surface area contributed by atoms with Crippen LogP contribution in [0, 0.1) is 0 Å². The molecule has 0 radical (unpaired) electrons. The first kappa shape index (κ1) is 13.0. The minimum Gasteiger partial charge on any atom is -0.297 e. The Morgan fingerprint density at radius 3 is 2.87 bits per heavy atom. The van der Waals surface area contributed by atoms with Crippen molar-refractivity contribution in [3.63, 3.8) is 0 Å². The highest BCUT2D eigenvalue weighted by atomic mass is 32.1. The van der Waals surface area contributed by atoms with Crippen LogP contribution in [0.25, 0.3) is 27.3 Å². The average Bonchev–Trinajstić information content (AvgIpc) is 3.17. The van der Waals surface area contributed by atoms with E-state index in [4.69, 9.17) is 0 Å². The Balaban J connectivity index is 1.87. The fourth-order valence-electron chi connectivity index (χ4n) is 3.28. The molecule has 23 heavy (non-hydrogen) atoms. The van der Waals surface area contributed by atoms with Crippen LogP contribution < -0.4 is 5.69 Å². The molecule has 4 heterocycles. The van der Waals surface area contributed by atoms with Gasteiger partial charge in [0.15, 0.2) is 11.5 Å². The van der Waals surface area contributed by atoms with Crippen molar-refractivity contribution in [1.29, 1.82) is 0 Å². The van der Waals surface area contributed by atoms with Crippen LogP contribution in [0.1, 0.15) is 23.3 Å². The van der Waals surface area contributed by atoms with Gasteiger partial charge in [0, 0.05) is 22.8 Å². The highest BCUT2D eigenvalue weighted by Crippen LogP contribution is 2.36. The summed E-state index contributed by atoms with van der Waals surface area (Å²) in [5.41, 5.74) is 2.63. The van der Waals surface area contributed by atoms with Gasteiger partial charge < -0.3 is 0 Å². The van der Waals surface area contributed by atoms with E-state index in [9.17, 15) is 4.79 Å². The van der Waals surface area contributed by atoms with Crippen LogP contribution in [-0.2, 0) is 12.8 Å². The van der Waals surface area contributed by atoms with E-state index in [-0.39, 0.29) is 5.69 Å². The fraction of sp³-hybridized carbons (Fsp3) is 0.250. The summed E-state index contributed by atoms with van der Waals surface area (Å²) in [5, 5.41) is 5.47. The summed E-state index contributed by atoms with van der Waals surface area (Å²) in [6, 6.07) is 3.70. The number of thiophene rings is 1. The van der Waals surface area contributed by atoms with Gasteiger partial charge in [-0.1, -0.05) is 0 Å². The number of fused-ring (bicyclic) bond motifs is 5. The second-order valence-corrected chi connectivity index (χ2v) is 6.86. The van der Waals surface area contributed by atoms with Gasteiger partial charge in [-0.3, -0.25) is 9.97 Å². The lowest BCUT2D eigenvalue weighted by molar-refractivity contribution is 0.700. The molecule has 0 saturated carbocycles. The number of nitrogens with zero attached hydrogens (tertiary/aromatic N) is 4. The van der Waals surface area contributed by atoms with E-state index in [1.165, 1.54) is 27.8 Å². The molecule has 7 heteroatoms. The first-order valence-electron chi connectivity index (χ1n) is 7.65. The van der Waals surface area contributed by atoms with E-state index in [0.717, 1.165) is 28.6 Å². The lowest BCUT2D eigenvalue weighted by Crippen LogP contribution is -2.17. The second kappa shape index (κ2) is 4.73. The molecular formula is C16H13N5OS. The first-order valence-corrected chi connectivity index (χ1v) is 8.46. The molecule has 0 bridgehead atoms. The van der Waals surface area contributed by atoms with Gasteiger partial charge in [0.05, 0.1) is 5.39 Å². The molecule has 0 fully saturated rings. The van der Waals surface area contributed by atoms with Crippen molar-refractivity contribution in [3.8, 4) is 11.4 Å². The van der Waals surface area contributed by atoms with Crippen LogP contribution in [-0.4, -0.2) is 24.6 Å². The smallest absolute Gasteiger partial charge is 0.297 e. The molecule has 1 aliphatic rings. The molecule has 1 N–H and O–H groups in total. The Bertz CT molecular complexity index is 1090. The highest BCUT2D eigenvalue weighted by molar-refractivity contribution is 7.19. The number of rotatable bonds is 1.